The van der Waals surface area contributed by atoms with Crippen molar-refractivity contribution in [2.75, 3.05) is 19.7 Å². The Bertz CT molecular complexity index is 1310. The average Bonchev–Trinajstić information content (AvgIpc) is 2.87. The van der Waals surface area contributed by atoms with Gasteiger partial charge in [-0.1, -0.05) is 36.4 Å². The van der Waals surface area contributed by atoms with Gasteiger partial charge in [0.25, 0.3) is 5.69 Å². The molecule has 0 aliphatic carbocycles. The molecule has 1 N–H and O–H groups in total. The van der Waals surface area contributed by atoms with Crippen molar-refractivity contribution >= 4 is 17.6 Å². The van der Waals surface area contributed by atoms with E-state index in [2.05, 4.69) is 22.3 Å². The highest BCUT2D eigenvalue weighted by Crippen LogP contribution is 2.40. The molecular formula is C29H33N3O6. The Hall–Kier alpha value is -3.98. The normalized spacial score (nSPS) is 17.7. The molecule has 200 valence electrons. The summed E-state index contributed by atoms with van der Waals surface area (Å²) in [7, 11) is 0. The van der Waals surface area contributed by atoms with Crippen molar-refractivity contribution in [2.24, 2.45) is 0 Å². The van der Waals surface area contributed by atoms with Gasteiger partial charge in [0.1, 0.15) is 6.61 Å². The standard InChI is InChI=1S/C29H33N3O6/c1-18(2)38-29(34)26-20(4)30-19(3)25(27(26)22-10-7-11-24(16-22)32(35)36)28(33)37-15-14-31-13-12-21-8-5-6-9-23(21)17-31/h5-11,16,18,27,30H,12-15,17H2,1-4H3. The minimum atomic E-state index is -0.878. The second kappa shape index (κ2) is 11.6. The zero-order valence-corrected chi connectivity index (χ0v) is 22.2. The van der Waals surface area contributed by atoms with Crippen LogP contribution in [0.15, 0.2) is 71.1 Å². The van der Waals surface area contributed by atoms with Gasteiger partial charge < -0.3 is 14.8 Å². The van der Waals surface area contributed by atoms with E-state index in [1.807, 2.05) is 12.1 Å². The molecule has 0 spiro atoms. The van der Waals surface area contributed by atoms with Crippen LogP contribution in [0.4, 0.5) is 5.69 Å². The summed E-state index contributed by atoms with van der Waals surface area (Å²) in [6.07, 6.45) is 0.559. The number of carbonyl (C=O) groups excluding carboxylic acids is 2. The largest absolute Gasteiger partial charge is 0.461 e. The molecule has 1 unspecified atom stereocenters. The summed E-state index contributed by atoms with van der Waals surface area (Å²) in [6.45, 7) is 9.34. The van der Waals surface area contributed by atoms with Gasteiger partial charge in [0.2, 0.25) is 0 Å². The smallest absolute Gasteiger partial charge is 0.337 e. The van der Waals surface area contributed by atoms with E-state index in [1.54, 1.807) is 39.8 Å². The van der Waals surface area contributed by atoms with Crippen molar-refractivity contribution in [3.05, 3.63) is 97.9 Å². The number of nitro benzene ring substituents is 1. The van der Waals surface area contributed by atoms with E-state index in [9.17, 15) is 19.7 Å². The van der Waals surface area contributed by atoms with E-state index in [-0.39, 0.29) is 29.5 Å². The Balaban J connectivity index is 1.57. The summed E-state index contributed by atoms with van der Waals surface area (Å²) in [4.78, 5) is 39.9. The predicted molar refractivity (Wildman–Crippen MR) is 142 cm³/mol. The number of non-ortho nitro benzene ring substituents is 1. The first-order valence-corrected chi connectivity index (χ1v) is 12.8. The number of fused-ring (bicyclic) bond motifs is 1. The molecule has 0 bridgehead atoms. The van der Waals surface area contributed by atoms with Crippen molar-refractivity contribution in [2.45, 2.75) is 52.7 Å². The van der Waals surface area contributed by atoms with Gasteiger partial charge >= 0.3 is 11.9 Å². The van der Waals surface area contributed by atoms with Crippen LogP contribution in [0.5, 0.6) is 0 Å². The molecule has 2 aliphatic heterocycles. The highest BCUT2D eigenvalue weighted by Gasteiger charge is 2.38. The number of rotatable bonds is 8. The number of nitrogens with one attached hydrogen (secondary N) is 1. The van der Waals surface area contributed by atoms with Crippen LogP contribution in [0.2, 0.25) is 0 Å². The summed E-state index contributed by atoms with van der Waals surface area (Å²) in [5.74, 6) is -2.05. The van der Waals surface area contributed by atoms with Gasteiger partial charge in [-0.2, -0.15) is 0 Å². The molecule has 2 heterocycles. The molecule has 0 radical (unpaired) electrons. The van der Waals surface area contributed by atoms with Crippen LogP contribution in [0.1, 0.15) is 50.3 Å². The third kappa shape index (κ3) is 5.94. The molecule has 4 rings (SSSR count). The Morgan fingerprint density at radius 1 is 1.05 bits per heavy atom. The topological polar surface area (TPSA) is 111 Å². The van der Waals surface area contributed by atoms with Gasteiger partial charge in [0.15, 0.2) is 0 Å². The number of allylic oxidation sites excluding steroid dienone is 2. The maximum Gasteiger partial charge on any atom is 0.337 e. The first-order chi connectivity index (χ1) is 18.2. The molecule has 9 heteroatoms. The van der Waals surface area contributed by atoms with Crippen LogP contribution < -0.4 is 5.32 Å². The van der Waals surface area contributed by atoms with Crippen molar-refractivity contribution in [1.29, 1.82) is 0 Å². The fraction of sp³-hybridized carbons (Fsp3) is 0.379. The van der Waals surface area contributed by atoms with Gasteiger partial charge in [-0.05, 0) is 50.8 Å². The number of nitrogens with zero attached hydrogens (tertiary/aromatic N) is 2. The third-order valence-electron chi connectivity index (χ3n) is 6.81. The number of ether oxygens (including phenoxy) is 2. The van der Waals surface area contributed by atoms with E-state index in [1.165, 1.54) is 23.3 Å². The monoisotopic (exact) mass is 519 g/mol. The molecule has 1 atom stereocenters. The zero-order valence-electron chi connectivity index (χ0n) is 22.2. The Labute approximate surface area is 222 Å². The van der Waals surface area contributed by atoms with Crippen LogP contribution in [0.3, 0.4) is 0 Å². The molecule has 2 aromatic rings. The molecule has 0 saturated carbocycles. The maximum absolute atomic E-state index is 13.5. The summed E-state index contributed by atoms with van der Waals surface area (Å²) in [6, 6.07) is 14.3. The number of nitro groups is 1. The zero-order chi connectivity index (χ0) is 27.4. The molecule has 0 fully saturated rings. The molecular weight excluding hydrogens is 486 g/mol. The first kappa shape index (κ1) is 27.1. The van der Waals surface area contributed by atoms with Gasteiger partial charge in [-0.25, -0.2) is 9.59 Å². The minimum absolute atomic E-state index is 0.133. The first-order valence-electron chi connectivity index (χ1n) is 12.8. The summed E-state index contributed by atoms with van der Waals surface area (Å²) >= 11 is 0. The Kier molecular flexibility index (Phi) is 8.26. The van der Waals surface area contributed by atoms with Crippen LogP contribution in [0.25, 0.3) is 0 Å². The number of hydrogen-bond acceptors (Lipinski definition) is 8. The Morgan fingerprint density at radius 3 is 2.42 bits per heavy atom. The number of dihydropyridines is 1. The number of carbonyl (C=O) groups is 2. The lowest BCUT2D eigenvalue weighted by Gasteiger charge is -2.31. The lowest BCUT2D eigenvalue weighted by atomic mass is 9.80. The van der Waals surface area contributed by atoms with Crippen molar-refractivity contribution in [1.82, 2.24) is 10.2 Å². The van der Waals surface area contributed by atoms with Gasteiger partial charge in [-0.15, -0.1) is 0 Å². The van der Waals surface area contributed by atoms with Crippen molar-refractivity contribution in [3.63, 3.8) is 0 Å². The lowest BCUT2D eigenvalue weighted by molar-refractivity contribution is -0.384. The molecule has 38 heavy (non-hydrogen) atoms. The minimum Gasteiger partial charge on any atom is -0.461 e. The number of hydrogen-bond donors (Lipinski definition) is 1. The van der Waals surface area contributed by atoms with Crippen LogP contribution in [0, 0.1) is 10.1 Å². The fourth-order valence-corrected chi connectivity index (χ4v) is 5.05. The molecule has 9 nitrogen and oxygen atoms in total. The third-order valence-corrected chi connectivity index (χ3v) is 6.81. The SMILES string of the molecule is CC1=C(C(=O)OCCN2CCc3ccccc3C2)C(c2cccc([N+](=O)[O-])c2)C(C(=O)OC(C)C)=C(C)N1. The number of esters is 2. The van der Waals surface area contributed by atoms with Crippen LogP contribution in [-0.4, -0.2) is 47.6 Å². The second-order valence-corrected chi connectivity index (χ2v) is 9.87. The summed E-state index contributed by atoms with van der Waals surface area (Å²) in [5.41, 5.74) is 4.43. The van der Waals surface area contributed by atoms with Crippen molar-refractivity contribution < 1.29 is 24.0 Å². The van der Waals surface area contributed by atoms with Crippen LogP contribution >= 0.6 is 0 Å². The van der Waals surface area contributed by atoms with E-state index in [0.29, 0.717) is 23.5 Å². The fourth-order valence-electron chi connectivity index (χ4n) is 5.05. The van der Waals surface area contributed by atoms with E-state index in [0.717, 1.165) is 19.5 Å². The molecule has 2 aliphatic rings. The highest BCUT2D eigenvalue weighted by atomic mass is 16.6. The molecule has 0 amide bonds. The maximum atomic E-state index is 13.5. The lowest BCUT2D eigenvalue weighted by Crippen LogP contribution is -2.35. The predicted octanol–water partition coefficient (Wildman–Crippen LogP) is 4.38. The number of benzene rings is 2. The van der Waals surface area contributed by atoms with E-state index in [4.69, 9.17) is 9.47 Å². The Morgan fingerprint density at radius 2 is 1.74 bits per heavy atom. The second-order valence-electron chi connectivity index (χ2n) is 9.87. The quantitative estimate of drug-likeness (QED) is 0.311. The van der Waals surface area contributed by atoms with Crippen molar-refractivity contribution in [3.8, 4) is 0 Å². The molecule has 2 aromatic carbocycles. The molecule has 0 aromatic heterocycles. The summed E-state index contributed by atoms with van der Waals surface area (Å²) in [5, 5.41) is 14.6. The van der Waals surface area contributed by atoms with E-state index < -0.39 is 22.8 Å². The van der Waals surface area contributed by atoms with Gasteiger partial charge in [0.05, 0.1) is 28.1 Å². The molecule has 0 saturated heterocycles. The summed E-state index contributed by atoms with van der Waals surface area (Å²) < 4.78 is 11.2. The van der Waals surface area contributed by atoms with Gasteiger partial charge in [-0.3, -0.25) is 15.0 Å². The van der Waals surface area contributed by atoms with Crippen LogP contribution in [-0.2, 0) is 32.0 Å². The van der Waals surface area contributed by atoms with E-state index >= 15 is 0 Å². The van der Waals surface area contributed by atoms with Gasteiger partial charge in [0, 0.05) is 43.2 Å². The highest BCUT2D eigenvalue weighted by molar-refractivity contribution is 6.00. The average molecular weight is 520 g/mol.